The molecular weight excluding hydrogens is 370 g/mol. The number of piperidine rings is 1. The molecule has 0 spiro atoms. The van der Waals surface area contributed by atoms with Gasteiger partial charge in [0.2, 0.25) is 0 Å². The van der Waals surface area contributed by atoms with Gasteiger partial charge in [0, 0.05) is 25.8 Å². The molecule has 1 aliphatic heterocycles. The molecule has 1 fully saturated rings. The Morgan fingerprint density at radius 1 is 1.14 bits per heavy atom. The van der Waals surface area contributed by atoms with Crippen molar-refractivity contribution in [1.82, 2.24) is 9.55 Å². The summed E-state index contributed by atoms with van der Waals surface area (Å²) in [5.41, 5.74) is 2.54. The van der Waals surface area contributed by atoms with Crippen molar-refractivity contribution >= 4 is 16.7 Å². The monoisotopic (exact) mass is 391 g/mol. The molecule has 7 heteroatoms. The van der Waals surface area contributed by atoms with Crippen molar-refractivity contribution in [3.05, 3.63) is 59.7 Å². The van der Waals surface area contributed by atoms with E-state index in [9.17, 15) is 17.6 Å². The maximum absolute atomic E-state index is 13.7. The number of aryl methyl sites for hydroxylation is 1. The third kappa shape index (κ3) is 3.84. The number of hydrogen-bond donors (Lipinski definition) is 0. The van der Waals surface area contributed by atoms with Gasteiger partial charge in [0.25, 0.3) is 0 Å². The Labute approximate surface area is 160 Å². The van der Waals surface area contributed by atoms with Crippen LogP contribution in [0.3, 0.4) is 0 Å². The molecule has 4 rings (SSSR count). The SMILES string of the molecule is Cn1cnc2ccc(N3CCC[C@H](Cc4cc(F)cc(C(F)(F)F)c4)C3)cc21. The van der Waals surface area contributed by atoms with Gasteiger partial charge in [-0.05, 0) is 67.1 Å². The van der Waals surface area contributed by atoms with Crippen LogP contribution in [-0.2, 0) is 19.6 Å². The van der Waals surface area contributed by atoms with E-state index in [1.54, 1.807) is 6.33 Å². The Morgan fingerprint density at radius 3 is 2.75 bits per heavy atom. The first-order valence-corrected chi connectivity index (χ1v) is 9.32. The van der Waals surface area contributed by atoms with Crippen molar-refractivity contribution in [3.63, 3.8) is 0 Å². The number of anilines is 1. The molecule has 3 nitrogen and oxygen atoms in total. The van der Waals surface area contributed by atoms with Crippen molar-refractivity contribution in [1.29, 1.82) is 0 Å². The summed E-state index contributed by atoms with van der Waals surface area (Å²) in [6, 6.07) is 8.95. The zero-order valence-electron chi connectivity index (χ0n) is 15.5. The zero-order valence-corrected chi connectivity index (χ0v) is 15.5. The van der Waals surface area contributed by atoms with Crippen molar-refractivity contribution < 1.29 is 17.6 Å². The van der Waals surface area contributed by atoms with Gasteiger partial charge in [0.15, 0.2) is 0 Å². The quantitative estimate of drug-likeness (QED) is 0.573. The van der Waals surface area contributed by atoms with Crippen LogP contribution in [0.15, 0.2) is 42.7 Å². The average molecular weight is 391 g/mol. The fourth-order valence-electron chi connectivity index (χ4n) is 4.04. The normalized spacial score (nSPS) is 18.0. The van der Waals surface area contributed by atoms with Gasteiger partial charge in [-0.2, -0.15) is 13.2 Å². The van der Waals surface area contributed by atoms with Crippen molar-refractivity contribution in [2.75, 3.05) is 18.0 Å². The predicted octanol–water partition coefficient (Wildman–Crippen LogP) is 5.19. The van der Waals surface area contributed by atoms with E-state index >= 15 is 0 Å². The van der Waals surface area contributed by atoms with Gasteiger partial charge in [0.1, 0.15) is 5.82 Å². The third-order valence-corrected chi connectivity index (χ3v) is 5.40. The Balaban J connectivity index is 1.52. The van der Waals surface area contributed by atoms with Crippen LogP contribution in [0.4, 0.5) is 23.2 Å². The molecule has 0 saturated carbocycles. The summed E-state index contributed by atoms with van der Waals surface area (Å²) in [5, 5.41) is 0. The highest BCUT2D eigenvalue weighted by Crippen LogP contribution is 2.32. The number of halogens is 4. The van der Waals surface area contributed by atoms with E-state index in [-0.39, 0.29) is 5.92 Å². The van der Waals surface area contributed by atoms with E-state index < -0.39 is 17.6 Å². The number of benzene rings is 2. The summed E-state index contributed by atoms with van der Waals surface area (Å²) >= 11 is 0. The highest BCUT2D eigenvalue weighted by atomic mass is 19.4. The Bertz CT molecular complexity index is 993. The molecule has 148 valence electrons. The highest BCUT2D eigenvalue weighted by Gasteiger charge is 2.31. The Morgan fingerprint density at radius 2 is 1.96 bits per heavy atom. The van der Waals surface area contributed by atoms with Crippen LogP contribution in [0, 0.1) is 11.7 Å². The molecule has 1 aromatic heterocycles. The lowest BCUT2D eigenvalue weighted by Crippen LogP contribution is -2.36. The Kier molecular flexibility index (Phi) is 4.77. The van der Waals surface area contributed by atoms with E-state index in [0.717, 1.165) is 48.7 Å². The van der Waals surface area contributed by atoms with E-state index in [2.05, 4.69) is 16.0 Å². The number of aromatic nitrogens is 2. The molecule has 28 heavy (non-hydrogen) atoms. The van der Waals surface area contributed by atoms with E-state index in [1.807, 2.05) is 23.7 Å². The number of imidazole rings is 1. The third-order valence-electron chi connectivity index (χ3n) is 5.40. The minimum absolute atomic E-state index is 0.180. The van der Waals surface area contributed by atoms with Crippen LogP contribution in [0.25, 0.3) is 11.0 Å². The number of hydrogen-bond acceptors (Lipinski definition) is 2. The molecule has 0 bridgehead atoms. The van der Waals surface area contributed by atoms with Gasteiger partial charge in [0.05, 0.1) is 22.9 Å². The summed E-state index contributed by atoms with van der Waals surface area (Å²) in [7, 11) is 1.94. The van der Waals surface area contributed by atoms with Gasteiger partial charge in [-0.3, -0.25) is 0 Å². The van der Waals surface area contributed by atoms with Crippen LogP contribution in [0.1, 0.15) is 24.0 Å². The lowest BCUT2D eigenvalue weighted by atomic mass is 9.90. The van der Waals surface area contributed by atoms with E-state index in [0.29, 0.717) is 18.1 Å². The Hall–Kier alpha value is -2.57. The van der Waals surface area contributed by atoms with Crippen LogP contribution in [-0.4, -0.2) is 22.6 Å². The standard InChI is InChI=1S/C21H21F4N3/c1-27-13-26-19-5-4-18(11-20(19)27)28-6-2-3-14(12-28)7-15-8-16(21(23,24)25)10-17(22)9-15/h4-5,8-11,13-14H,2-3,6-7,12H2,1H3/t14-/m1/s1. The van der Waals surface area contributed by atoms with E-state index in [4.69, 9.17) is 0 Å². The summed E-state index contributed by atoms with van der Waals surface area (Å²) in [4.78, 5) is 6.58. The highest BCUT2D eigenvalue weighted by molar-refractivity contribution is 5.79. The summed E-state index contributed by atoms with van der Waals surface area (Å²) in [6.45, 7) is 1.64. The smallest absolute Gasteiger partial charge is 0.371 e. The lowest BCUT2D eigenvalue weighted by Gasteiger charge is -2.34. The maximum Gasteiger partial charge on any atom is 0.416 e. The summed E-state index contributed by atoms with van der Waals surface area (Å²) in [6.07, 6.45) is -0.452. The zero-order chi connectivity index (χ0) is 19.9. The first kappa shape index (κ1) is 18.8. The molecule has 3 aromatic rings. The molecule has 1 saturated heterocycles. The molecule has 0 radical (unpaired) electrons. The van der Waals surface area contributed by atoms with E-state index in [1.165, 1.54) is 6.07 Å². The van der Waals surface area contributed by atoms with Crippen molar-refractivity contribution in [3.8, 4) is 0 Å². The molecule has 0 amide bonds. The number of nitrogens with zero attached hydrogens (tertiary/aromatic N) is 3. The topological polar surface area (TPSA) is 21.1 Å². The maximum atomic E-state index is 13.7. The minimum atomic E-state index is -4.53. The first-order chi connectivity index (χ1) is 13.3. The number of alkyl halides is 3. The van der Waals surface area contributed by atoms with Crippen molar-refractivity contribution in [2.45, 2.75) is 25.4 Å². The second-order valence-electron chi connectivity index (χ2n) is 7.53. The van der Waals surface area contributed by atoms with Gasteiger partial charge in [-0.1, -0.05) is 0 Å². The molecular formula is C21H21F4N3. The average Bonchev–Trinajstić information content (AvgIpc) is 3.01. The fraction of sp³-hybridized carbons (Fsp3) is 0.381. The molecule has 0 N–H and O–H groups in total. The predicted molar refractivity (Wildman–Crippen MR) is 101 cm³/mol. The van der Waals surface area contributed by atoms with Gasteiger partial charge in [-0.25, -0.2) is 9.37 Å². The minimum Gasteiger partial charge on any atom is -0.371 e. The fourth-order valence-corrected chi connectivity index (χ4v) is 4.04. The van der Waals surface area contributed by atoms with Crippen LogP contribution in [0.2, 0.25) is 0 Å². The van der Waals surface area contributed by atoms with Gasteiger partial charge < -0.3 is 9.47 Å². The number of fused-ring (bicyclic) bond motifs is 1. The van der Waals surface area contributed by atoms with Gasteiger partial charge in [-0.15, -0.1) is 0 Å². The first-order valence-electron chi connectivity index (χ1n) is 9.32. The molecule has 1 aliphatic rings. The summed E-state index contributed by atoms with van der Waals surface area (Å²) in [5.74, 6) is -0.655. The number of rotatable bonds is 3. The molecule has 2 aromatic carbocycles. The summed E-state index contributed by atoms with van der Waals surface area (Å²) < 4.78 is 54.5. The molecule has 0 unspecified atom stereocenters. The largest absolute Gasteiger partial charge is 0.416 e. The van der Waals surface area contributed by atoms with Crippen LogP contribution < -0.4 is 4.90 Å². The van der Waals surface area contributed by atoms with Crippen LogP contribution in [0.5, 0.6) is 0 Å². The van der Waals surface area contributed by atoms with Crippen molar-refractivity contribution in [2.24, 2.45) is 13.0 Å². The second-order valence-corrected chi connectivity index (χ2v) is 7.53. The van der Waals surface area contributed by atoms with Crippen LogP contribution >= 0.6 is 0 Å². The molecule has 2 heterocycles. The molecule has 1 atom stereocenters. The molecule has 0 aliphatic carbocycles. The second kappa shape index (κ2) is 7.11. The van der Waals surface area contributed by atoms with Gasteiger partial charge >= 0.3 is 6.18 Å². The lowest BCUT2D eigenvalue weighted by molar-refractivity contribution is -0.137.